The highest BCUT2D eigenvalue weighted by Gasteiger charge is 2.52. The lowest BCUT2D eigenvalue weighted by Crippen LogP contribution is -2.44. The first-order valence-corrected chi connectivity index (χ1v) is 7.90. The van der Waals surface area contributed by atoms with Crippen LogP contribution in [-0.4, -0.2) is 48.5 Å². The Balaban J connectivity index is 1.53. The van der Waals surface area contributed by atoms with Crippen LogP contribution in [0.4, 0.5) is 0 Å². The van der Waals surface area contributed by atoms with E-state index in [1.54, 1.807) is 0 Å². The molecule has 2 aliphatic rings. The van der Waals surface area contributed by atoms with Crippen LogP contribution in [-0.2, 0) is 14.2 Å². The summed E-state index contributed by atoms with van der Waals surface area (Å²) in [6.45, 7) is 6.80. The fraction of sp³-hybridized carbons (Fsp3) is 0.647. The lowest BCUT2D eigenvalue weighted by atomic mass is 10.0. The molecule has 1 aromatic rings. The molecule has 5 heteroatoms. The van der Waals surface area contributed by atoms with E-state index in [1.807, 2.05) is 32.0 Å². The van der Waals surface area contributed by atoms with E-state index in [0.717, 1.165) is 0 Å². The van der Waals surface area contributed by atoms with Crippen LogP contribution in [0.15, 0.2) is 30.3 Å². The van der Waals surface area contributed by atoms with Gasteiger partial charge in [0.1, 0.15) is 18.3 Å². The average Bonchev–Trinajstić information content (AvgIpc) is 3.00. The van der Waals surface area contributed by atoms with Gasteiger partial charge >= 0.3 is 0 Å². The van der Waals surface area contributed by atoms with Gasteiger partial charge in [0.2, 0.25) is 0 Å². The van der Waals surface area contributed by atoms with Crippen molar-refractivity contribution in [1.29, 1.82) is 0 Å². The van der Waals surface area contributed by atoms with Crippen molar-refractivity contribution in [3.05, 3.63) is 35.9 Å². The van der Waals surface area contributed by atoms with Gasteiger partial charge in [0.25, 0.3) is 0 Å². The van der Waals surface area contributed by atoms with E-state index in [9.17, 15) is 5.11 Å². The molecule has 0 aromatic heterocycles. The highest BCUT2D eigenvalue weighted by atomic mass is 16.8. The predicted octanol–water partition coefficient (Wildman–Crippen LogP) is 1.62. The van der Waals surface area contributed by atoms with Crippen LogP contribution in [0.2, 0.25) is 0 Å². The van der Waals surface area contributed by atoms with Crippen molar-refractivity contribution in [3.63, 3.8) is 0 Å². The topological polar surface area (TPSA) is 60.0 Å². The third-order valence-corrected chi connectivity index (χ3v) is 4.31. The number of aliphatic hydroxyl groups excluding tert-OH is 1. The molecule has 0 bridgehead atoms. The van der Waals surface area contributed by atoms with Crippen molar-refractivity contribution in [2.75, 3.05) is 13.2 Å². The fourth-order valence-electron chi connectivity index (χ4n) is 3.17. The third-order valence-electron chi connectivity index (χ3n) is 4.31. The number of fused-ring (bicyclic) bond motifs is 1. The Labute approximate surface area is 131 Å². The molecule has 2 fully saturated rings. The van der Waals surface area contributed by atoms with Crippen LogP contribution >= 0.6 is 0 Å². The second-order valence-corrected chi connectivity index (χ2v) is 6.54. The Kier molecular flexibility index (Phi) is 4.52. The molecule has 5 atom stereocenters. The molecule has 2 heterocycles. The first kappa shape index (κ1) is 15.9. The number of ether oxygens (including phenoxy) is 3. The molecular formula is C17H25NO4. The maximum atomic E-state index is 10.4. The van der Waals surface area contributed by atoms with Gasteiger partial charge in [0.05, 0.1) is 12.7 Å². The Morgan fingerprint density at radius 1 is 1.27 bits per heavy atom. The summed E-state index contributed by atoms with van der Waals surface area (Å²) in [5, 5.41) is 13.8. The highest BCUT2D eigenvalue weighted by molar-refractivity contribution is 5.18. The van der Waals surface area contributed by atoms with Gasteiger partial charge in [0, 0.05) is 12.6 Å². The van der Waals surface area contributed by atoms with E-state index in [-0.39, 0.29) is 24.4 Å². The van der Waals surface area contributed by atoms with E-state index < -0.39 is 11.9 Å². The molecule has 2 N–H and O–H groups in total. The minimum atomic E-state index is -0.626. The van der Waals surface area contributed by atoms with E-state index >= 15 is 0 Å². The maximum Gasteiger partial charge on any atom is 0.164 e. The van der Waals surface area contributed by atoms with E-state index in [0.29, 0.717) is 13.2 Å². The normalized spacial score (nSPS) is 32.6. The van der Waals surface area contributed by atoms with Crippen molar-refractivity contribution in [2.45, 2.75) is 57.0 Å². The van der Waals surface area contributed by atoms with Gasteiger partial charge in [-0.05, 0) is 26.3 Å². The molecule has 0 radical (unpaired) electrons. The average molecular weight is 307 g/mol. The smallest absolute Gasteiger partial charge is 0.164 e. The number of hydrogen-bond donors (Lipinski definition) is 2. The monoisotopic (exact) mass is 307 g/mol. The van der Waals surface area contributed by atoms with Gasteiger partial charge < -0.3 is 24.6 Å². The third kappa shape index (κ3) is 3.34. The number of aliphatic hydroxyl groups is 1. The molecule has 1 aromatic carbocycles. The van der Waals surface area contributed by atoms with Gasteiger partial charge in [-0.1, -0.05) is 30.3 Å². The van der Waals surface area contributed by atoms with E-state index in [1.165, 1.54) is 5.56 Å². The SMILES string of the molecule is C[C@H](NC[C@H](O)[C@H]1OC[C@H]2OC(C)(C)O[C@@H]12)c1ccccc1. The van der Waals surface area contributed by atoms with E-state index in [2.05, 4.69) is 24.4 Å². The Bertz CT molecular complexity index is 493. The van der Waals surface area contributed by atoms with Crippen molar-refractivity contribution in [2.24, 2.45) is 0 Å². The van der Waals surface area contributed by atoms with Crippen LogP contribution < -0.4 is 5.32 Å². The largest absolute Gasteiger partial charge is 0.389 e. The quantitative estimate of drug-likeness (QED) is 0.865. The molecule has 2 aliphatic heterocycles. The lowest BCUT2D eigenvalue weighted by molar-refractivity contribution is -0.184. The molecule has 122 valence electrons. The molecule has 0 amide bonds. The second-order valence-electron chi connectivity index (χ2n) is 6.54. The molecule has 0 aliphatic carbocycles. The van der Waals surface area contributed by atoms with Crippen molar-refractivity contribution < 1.29 is 19.3 Å². The summed E-state index contributed by atoms with van der Waals surface area (Å²) in [5.41, 5.74) is 1.20. The van der Waals surface area contributed by atoms with Gasteiger partial charge in [-0.15, -0.1) is 0 Å². The van der Waals surface area contributed by atoms with Crippen molar-refractivity contribution in [3.8, 4) is 0 Å². The summed E-state index contributed by atoms with van der Waals surface area (Å²) >= 11 is 0. The zero-order valence-electron chi connectivity index (χ0n) is 13.4. The van der Waals surface area contributed by atoms with Gasteiger partial charge in [-0.2, -0.15) is 0 Å². The second kappa shape index (κ2) is 6.26. The van der Waals surface area contributed by atoms with Crippen LogP contribution in [0.3, 0.4) is 0 Å². The molecule has 5 nitrogen and oxygen atoms in total. The summed E-state index contributed by atoms with van der Waals surface area (Å²) in [6.07, 6.45) is -1.25. The first-order chi connectivity index (χ1) is 10.5. The van der Waals surface area contributed by atoms with Gasteiger partial charge in [-0.3, -0.25) is 0 Å². The number of hydrogen-bond acceptors (Lipinski definition) is 5. The maximum absolute atomic E-state index is 10.4. The molecule has 22 heavy (non-hydrogen) atoms. The molecule has 0 spiro atoms. The minimum Gasteiger partial charge on any atom is -0.389 e. The first-order valence-electron chi connectivity index (χ1n) is 7.90. The summed E-state index contributed by atoms with van der Waals surface area (Å²) in [7, 11) is 0. The van der Waals surface area contributed by atoms with E-state index in [4.69, 9.17) is 14.2 Å². The minimum absolute atomic E-state index is 0.0822. The molecular weight excluding hydrogens is 282 g/mol. The standard InChI is InChI=1S/C17H25NO4/c1-11(12-7-5-4-6-8-12)18-9-13(19)15-16-14(10-20-15)21-17(2,3)22-16/h4-8,11,13-16,18-19H,9-10H2,1-3H3/t11-,13-,14+,15+,16+/m0/s1. The van der Waals surface area contributed by atoms with Gasteiger partial charge in [-0.25, -0.2) is 0 Å². The van der Waals surface area contributed by atoms with Crippen LogP contribution in [0.25, 0.3) is 0 Å². The zero-order valence-corrected chi connectivity index (χ0v) is 13.4. The number of benzene rings is 1. The Morgan fingerprint density at radius 3 is 2.73 bits per heavy atom. The Morgan fingerprint density at radius 2 is 2.00 bits per heavy atom. The predicted molar refractivity (Wildman–Crippen MR) is 82.4 cm³/mol. The van der Waals surface area contributed by atoms with Crippen molar-refractivity contribution >= 4 is 0 Å². The Hall–Kier alpha value is -0.980. The summed E-state index contributed by atoms with van der Waals surface area (Å²) in [6, 6.07) is 10.3. The number of rotatable bonds is 5. The molecule has 3 rings (SSSR count). The van der Waals surface area contributed by atoms with Crippen LogP contribution in [0.1, 0.15) is 32.4 Å². The van der Waals surface area contributed by atoms with Crippen LogP contribution in [0.5, 0.6) is 0 Å². The molecule has 0 saturated carbocycles. The number of nitrogens with one attached hydrogen (secondary N) is 1. The summed E-state index contributed by atoms with van der Waals surface area (Å²) in [4.78, 5) is 0. The summed E-state index contributed by atoms with van der Waals surface area (Å²) < 4.78 is 17.3. The van der Waals surface area contributed by atoms with Crippen LogP contribution in [0, 0.1) is 0 Å². The van der Waals surface area contributed by atoms with Gasteiger partial charge in [0.15, 0.2) is 5.79 Å². The fourth-order valence-corrected chi connectivity index (χ4v) is 3.17. The molecule has 2 saturated heterocycles. The molecule has 0 unspecified atom stereocenters. The lowest BCUT2D eigenvalue weighted by Gasteiger charge is -2.26. The highest BCUT2D eigenvalue weighted by Crippen LogP contribution is 2.36. The van der Waals surface area contributed by atoms with Crippen molar-refractivity contribution in [1.82, 2.24) is 5.32 Å². The summed E-state index contributed by atoms with van der Waals surface area (Å²) in [5.74, 6) is -0.595. The zero-order chi connectivity index (χ0) is 15.7.